The summed E-state index contributed by atoms with van der Waals surface area (Å²) in [6.07, 6.45) is 6.28. The first-order valence-electron chi connectivity index (χ1n) is 8.33. The van der Waals surface area contributed by atoms with E-state index >= 15 is 0 Å². The van der Waals surface area contributed by atoms with Crippen LogP contribution < -0.4 is 5.32 Å². The zero-order valence-corrected chi connectivity index (χ0v) is 13.5. The Morgan fingerprint density at radius 2 is 2.26 bits per heavy atom. The molecule has 126 valence electrons. The first-order chi connectivity index (χ1) is 11.2. The van der Waals surface area contributed by atoms with Gasteiger partial charge in [-0.2, -0.15) is 0 Å². The summed E-state index contributed by atoms with van der Waals surface area (Å²) in [6, 6.07) is 4.06. The van der Waals surface area contributed by atoms with Gasteiger partial charge in [-0.15, -0.1) is 0 Å². The van der Waals surface area contributed by atoms with Crippen LogP contribution in [0, 0.1) is 5.92 Å². The standard InChI is InChI=1S/C17H24N2O4/c1-22-17(21)13(11-12-5-4-10-23-12)16(20)18-14-7-9-19-8-3-2-6-15(14)19/h4-5,10,13-15H,2-3,6-9,11H2,1H3,(H,18,20)/t13-,14+,15-/m1/s1. The smallest absolute Gasteiger partial charge is 0.318 e. The van der Waals surface area contributed by atoms with Gasteiger partial charge in [0.25, 0.3) is 0 Å². The van der Waals surface area contributed by atoms with Crippen molar-refractivity contribution < 1.29 is 18.7 Å². The molecule has 0 radical (unpaired) electrons. The van der Waals surface area contributed by atoms with Crippen molar-refractivity contribution in [2.75, 3.05) is 20.2 Å². The fourth-order valence-corrected chi connectivity index (χ4v) is 3.75. The summed E-state index contributed by atoms with van der Waals surface area (Å²) in [5.74, 6) is -1.02. The van der Waals surface area contributed by atoms with Gasteiger partial charge in [0.2, 0.25) is 5.91 Å². The zero-order valence-electron chi connectivity index (χ0n) is 13.5. The number of carbonyl (C=O) groups is 2. The first kappa shape index (κ1) is 16.1. The average molecular weight is 320 g/mol. The number of nitrogens with zero attached hydrogens (tertiary/aromatic N) is 1. The van der Waals surface area contributed by atoms with Gasteiger partial charge in [0.1, 0.15) is 11.7 Å². The van der Waals surface area contributed by atoms with E-state index < -0.39 is 11.9 Å². The quantitative estimate of drug-likeness (QED) is 0.655. The zero-order chi connectivity index (χ0) is 16.2. The molecule has 1 aromatic rings. The molecule has 2 aliphatic rings. The van der Waals surface area contributed by atoms with Crippen molar-refractivity contribution in [2.45, 2.75) is 44.2 Å². The van der Waals surface area contributed by atoms with Crippen LogP contribution in [0.25, 0.3) is 0 Å². The Kier molecular flexibility index (Phi) is 5.00. The van der Waals surface area contributed by atoms with E-state index in [1.54, 1.807) is 18.4 Å². The molecule has 1 aromatic heterocycles. The Morgan fingerprint density at radius 1 is 1.39 bits per heavy atom. The second kappa shape index (κ2) is 7.17. The van der Waals surface area contributed by atoms with Crippen molar-refractivity contribution in [3.63, 3.8) is 0 Å². The van der Waals surface area contributed by atoms with Crippen molar-refractivity contribution >= 4 is 11.9 Å². The molecular formula is C17H24N2O4. The molecular weight excluding hydrogens is 296 g/mol. The summed E-state index contributed by atoms with van der Waals surface area (Å²) >= 11 is 0. The van der Waals surface area contributed by atoms with Gasteiger partial charge in [-0.05, 0) is 37.9 Å². The number of amides is 1. The van der Waals surface area contributed by atoms with Crippen LogP contribution in [-0.4, -0.2) is 49.1 Å². The first-order valence-corrected chi connectivity index (χ1v) is 8.33. The third-order valence-electron chi connectivity index (χ3n) is 4.97. The number of nitrogens with one attached hydrogen (secondary N) is 1. The average Bonchev–Trinajstić information content (AvgIpc) is 3.22. The minimum Gasteiger partial charge on any atom is -0.469 e. The Labute approximate surface area is 136 Å². The predicted molar refractivity (Wildman–Crippen MR) is 83.7 cm³/mol. The van der Waals surface area contributed by atoms with Crippen LogP contribution in [0.15, 0.2) is 22.8 Å². The molecule has 0 saturated carbocycles. The maximum atomic E-state index is 12.6. The van der Waals surface area contributed by atoms with Gasteiger partial charge in [0, 0.05) is 25.0 Å². The lowest BCUT2D eigenvalue weighted by Gasteiger charge is -2.32. The lowest BCUT2D eigenvalue weighted by Crippen LogP contribution is -2.49. The van der Waals surface area contributed by atoms with Crippen molar-refractivity contribution in [2.24, 2.45) is 5.92 Å². The molecule has 6 heteroatoms. The monoisotopic (exact) mass is 320 g/mol. The van der Waals surface area contributed by atoms with Crippen molar-refractivity contribution in [1.82, 2.24) is 10.2 Å². The number of carbonyl (C=O) groups excluding carboxylic acids is 2. The van der Waals surface area contributed by atoms with E-state index in [2.05, 4.69) is 10.2 Å². The Hall–Kier alpha value is -1.82. The van der Waals surface area contributed by atoms with Gasteiger partial charge in [-0.25, -0.2) is 0 Å². The fraction of sp³-hybridized carbons (Fsp3) is 0.647. The molecule has 2 aliphatic heterocycles. The van der Waals surface area contributed by atoms with Crippen LogP contribution in [0.3, 0.4) is 0 Å². The molecule has 23 heavy (non-hydrogen) atoms. The maximum absolute atomic E-state index is 12.6. The van der Waals surface area contributed by atoms with Gasteiger partial charge in [-0.3, -0.25) is 14.5 Å². The molecule has 0 aromatic carbocycles. The van der Waals surface area contributed by atoms with E-state index in [0.717, 1.165) is 25.9 Å². The van der Waals surface area contributed by atoms with Gasteiger partial charge in [0.15, 0.2) is 0 Å². The molecule has 1 amide bonds. The minimum absolute atomic E-state index is 0.131. The highest BCUT2D eigenvalue weighted by atomic mass is 16.5. The number of methoxy groups -OCH3 is 1. The molecule has 0 spiro atoms. The van der Waals surface area contributed by atoms with E-state index in [9.17, 15) is 9.59 Å². The maximum Gasteiger partial charge on any atom is 0.318 e. The van der Waals surface area contributed by atoms with Crippen LogP contribution in [0.4, 0.5) is 0 Å². The summed E-state index contributed by atoms with van der Waals surface area (Å²) < 4.78 is 10.1. The van der Waals surface area contributed by atoms with Gasteiger partial charge in [0.05, 0.1) is 13.4 Å². The third kappa shape index (κ3) is 3.58. The number of hydrogen-bond donors (Lipinski definition) is 1. The molecule has 6 nitrogen and oxygen atoms in total. The second-order valence-corrected chi connectivity index (χ2v) is 6.36. The number of piperidine rings is 1. The molecule has 2 saturated heterocycles. The number of hydrogen-bond acceptors (Lipinski definition) is 5. The second-order valence-electron chi connectivity index (χ2n) is 6.36. The van der Waals surface area contributed by atoms with E-state index in [-0.39, 0.29) is 18.4 Å². The normalized spacial score (nSPS) is 25.6. The molecule has 3 heterocycles. The molecule has 3 rings (SSSR count). The third-order valence-corrected chi connectivity index (χ3v) is 4.97. The Bertz CT molecular complexity index is 543. The summed E-state index contributed by atoms with van der Waals surface area (Å²) in [6.45, 7) is 2.14. The summed E-state index contributed by atoms with van der Waals surface area (Å²) in [5.41, 5.74) is 0. The topological polar surface area (TPSA) is 71.8 Å². The van der Waals surface area contributed by atoms with Crippen molar-refractivity contribution in [3.8, 4) is 0 Å². The number of ether oxygens (including phenoxy) is 1. The highest BCUT2D eigenvalue weighted by Crippen LogP contribution is 2.27. The molecule has 3 atom stereocenters. The molecule has 0 unspecified atom stereocenters. The van der Waals surface area contributed by atoms with E-state index in [0.29, 0.717) is 11.8 Å². The van der Waals surface area contributed by atoms with Crippen LogP contribution in [0.5, 0.6) is 0 Å². The van der Waals surface area contributed by atoms with Crippen molar-refractivity contribution in [3.05, 3.63) is 24.2 Å². The fourth-order valence-electron chi connectivity index (χ4n) is 3.75. The van der Waals surface area contributed by atoms with Crippen LogP contribution >= 0.6 is 0 Å². The lowest BCUT2D eigenvalue weighted by molar-refractivity contribution is -0.150. The van der Waals surface area contributed by atoms with Gasteiger partial charge in [-0.1, -0.05) is 6.42 Å². The summed E-state index contributed by atoms with van der Waals surface area (Å²) in [7, 11) is 1.31. The number of furan rings is 1. The minimum atomic E-state index is -0.858. The van der Waals surface area contributed by atoms with E-state index in [4.69, 9.17) is 9.15 Å². The highest BCUT2D eigenvalue weighted by Gasteiger charge is 2.38. The lowest BCUT2D eigenvalue weighted by atomic mass is 9.97. The highest BCUT2D eigenvalue weighted by molar-refractivity contribution is 5.98. The molecule has 0 bridgehead atoms. The SMILES string of the molecule is COC(=O)[C@H](Cc1ccco1)C(=O)N[C@H]1CCN2CCCC[C@H]12. The number of esters is 1. The van der Waals surface area contributed by atoms with Gasteiger partial charge < -0.3 is 14.5 Å². The van der Waals surface area contributed by atoms with Crippen LogP contribution in [0.2, 0.25) is 0 Å². The van der Waals surface area contributed by atoms with E-state index in [1.165, 1.54) is 20.0 Å². The van der Waals surface area contributed by atoms with Crippen LogP contribution in [0.1, 0.15) is 31.4 Å². The van der Waals surface area contributed by atoms with Gasteiger partial charge >= 0.3 is 5.97 Å². The van der Waals surface area contributed by atoms with Crippen molar-refractivity contribution in [1.29, 1.82) is 0 Å². The largest absolute Gasteiger partial charge is 0.469 e. The molecule has 2 fully saturated rings. The van der Waals surface area contributed by atoms with E-state index in [1.807, 2.05) is 0 Å². The number of rotatable bonds is 5. The van der Waals surface area contributed by atoms with Crippen LogP contribution in [-0.2, 0) is 20.7 Å². The predicted octanol–water partition coefficient (Wildman–Crippen LogP) is 1.35. The molecule has 0 aliphatic carbocycles. The summed E-state index contributed by atoms with van der Waals surface area (Å²) in [5, 5.41) is 3.08. The Morgan fingerprint density at radius 3 is 3.00 bits per heavy atom. The summed E-state index contributed by atoms with van der Waals surface area (Å²) in [4.78, 5) is 27.1. The number of fused-ring (bicyclic) bond motifs is 1. The Balaban J connectivity index is 1.64. The molecule has 1 N–H and O–H groups in total.